The second kappa shape index (κ2) is 9.20. The van der Waals surface area contributed by atoms with Crippen LogP contribution in [0.2, 0.25) is 0 Å². The molecular weight excluding hydrogens is 272 g/mol. The Labute approximate surface area is 126 Å². The van der Waals surface area contributed by atoms with Crippen molar-refractivity contribution in [1.82, 2.24) is 0 Å². The third-order valence-electron chi connectivity index (χ3n) is 4.81. The zero-order valence-corrected chi connectivity index (χ0v) is 14.4. The van der Waals surface area contributed by atoms with Crippen LogP contribution in [-0.2, 0) is 4.43 Å². The standard InChI is InChI=1S/C16H29ClOSi/c17-11-12-18-19-13-16(14-7-3-1-4-8-14)15-9-5-2-6-10-15/h13-15H,1-12,19H2. The number of alkyl halides is 1. The first kappa shape index (κ1) is 15.6. The van der Waals surface area contributed by atoms with E-state index >= 15 is 0 Å². The van der Waals surface area contributed by atoms with Gasteiger partial charge in [-0.25, -0.2) is 0 Å². The predicted octanol–water partition coefficient (Wildman–Crippen LogP) is 4.37. The lowest BCUT2D eigenvalue weighted by Crippen LogP contribution is -2.20. The second-order valence-corrected chi connectivity index (χ2v) is 7.67. The lowest BCUT2D eigenvalue weighted by atomic mass is 9.74. The predicted molar refractivity (Wildman–Crippen MR) is 86.4 cm³/mol. The van der Waals surface area contributed by atoms with Crippen molar-refractivity contribution in [3.63, 3.8) is 0 Å². The van der Waals surface area contributed by atoms with Crippen LogP contribution in [0.5, 0.6) is 0 Å². The minimum absolute atomic E-state index is 0.484. The Kier molecular flexibility index (Phi) is 7.55. The van der Waals surface area contributed by atoms with Crippen molar-refractivity contribution >= 4 is 21.4 Å². The molecule has 19 heavy (non-hydrogen) atoms. The molecule has 0 radical (unpaired) electrons. The van der Waals surface area contributed by atoms with E-state index in [0.717, 1.165) is 18.4 Å². The van der Waals surface area contributed by atoms with Crippen LogP contribution < -0.4 is 0 Å². The molecule has 0 bridgehead atoms. The maximum Gasteiger partial charge on any atom is 0.185 e. The molecule has 2 fully saturated rings. The van der Waals surface area contributed by atoms with Gasteiger partial charge in [0.2, 0.25) is 0 Å². The summed E-state index contributed by atoms with van der Waals surface area (Å²) >= 11 is 5.69. The highest BCUT2D eigenvalue weighted by Crippen LogP contribution is 2.39. The molecule has 0 saturated heterocycles. The molecule has 0 spiro atoms. The summed E-state index contributed by atoms with van der Waals surface area (Å²) in [5.74, 6) is 2.43. The van der Waals surface area contributed by atoms with Crippen LogP contribution in [0.25, 0.3) is 0 Å². The van der Waals surface area contributed by atoms with Crippen LogP contribution in [-0.4, -0.2) is 22.3 Å². The molecule has 1 nitrogen and oxygen atoms in total. The molecule has 0 heterocycles. The summed E-state index contributed by atoms with van der Waals surface area (Å²) < 4.78 is 5.73. The largest absolute Gasteiger partial charge is 0.418 e. The Balaban J connectivity index is 1.94. The first-order valence-corrected chi connectivity index (χ1v) is 10.2. The lowest BCUT2D eigenvalue weighted by Gasteiger charge is -2.32. The first-order valence-electron chi connectivity index (χ1n) is 8.25. The average Bonchev–Trinajstić information content (AvgIpc) is 2.49. The lowest BCUT2D eigenvalue weighted by molar-refractivity contribution is 0.325. The molecule has 0 aliphatic heterocycles. The zero-order chi connectivity index (χ0) is 13.3. The van der Waals surface area contributed by atoms with E-state index in [2.05, 4.69) is 5.70 Å². The molecular formula is C16H29ClOSi. The highest BCUT2D eigenvalue weighted by atomic mass is 35.5. The minimum atomic E-state index is -0.484. The van der Waals surface area contributed by atoms with E-state index in [9.17, 15) is 0 Å². The molecule has 0 amide bonds. The Morgan fingerprint density at radius 3 is 1.95 bits per heavy atom. The van der Waals surface area contributed by atoms with E-state index in [1.54, 1.807) is 5.57 Å². The highest BCUT2D eigenvalue weighted by Gasteiger charge is 2.25. The Hall–Kier alpha value is 0.207. The van der Waals surface area contributed by atoms with Gasteiger partial charge in [-0.1, -0.05) is 49.8 Å². The number of hydrogen-bond donors (Lipinski definition) is 0. The SMILES string of the molecule is ClCCO[SiH2]C=C(C1CCCCC1)C1CCCCC1. The quantitative estimate of drug-likeness (QED) is 0.402. The molecule has 0 aromatic heterocycles. The fourth-order valence-electron chi connectivity index (χ4n) is 3.83. The van der Waals surface area contributed by atoms with E-state index in [1.807, 2.05) is 0 Å². The van der Waals surface area contributed by atoms with Crippen molar-refractivity contribution in [2.24, 2.45) is 11.8 Å². The van der Waals surface area contributed by atoms with Gasteiger partial charge in [0.1, 0.15) is 0 Å². The smallest absolute Gasteiger partial charge is 0.185 e. The van der Waals surface area contributed by atoms with Gasteiger partial charge in [-0.2, -0.15) is 0 Å². The van der Waals surface area contributed by atoms with Crippen molar-refractivity contribution in [2.75, 3.05) is 12.5 Å². The van der Waals surface area contributed by atoms with E-state index in [0.29, 0.717) is 5.88 Å². The summed E-state index contributed by atoms with van der Waals surface area (Å²) in [5, 5.41) is 0. The van der Waals surface area contributed by atoms with Crippen molar-refractivity contribution in [1.29, 1.82) is 0 Å². The molecule has 2 aliphatic rings. The maximum absolute atomic E-state index is 5.73. The van der Waals surface area contributed by atoms with Gasteiger partial charge in [-0.3, -0.25) is 0 Å². The number of rotatable bonds is 6. The fourth-order valence-corrected chi connectivity index (χ4v) is 5.41. The summed E-state index contributed by atoms with van der Waals surface area (Å²) in [6.07, 6.45) is 14.4. The third-order valence-corrected chi connectivity index (χ3v) is 6.13. The Morgan fingerprint density at radius 1 is 0.947 bits per heavy atom. The topological polar surface area (TPSA) is 9.23 Å². The minimum Gasteiger partial charge on any atom is -0.418 e. The number of allylic oxidation sites excluding steroid dienone is 1. The van der Waals surface area contributed by atoms with Gasteiger partial charge >= 0.3 is 0 Å². The van der Waals surface area contributed by atoms with E-state index in [-0.39, 0.29) is 0 Å². The summed E-state index contributed by atoms with van der Waals surface area (Å²) in [4.78, 5) is 0. The molecule has 2 aliphatic carbocycles. The molecule has 0 atom stereocenters. The van der Waals surface area contributed by atoms with Gasteiger partial charge in [-0.15, -0.1) is 11.6 Å². The van der Waals surface area contributed by atoms with Crippen LogP contribution >= 0.6 is 11.6 Å². The van der Waals surface area contributed by atoms with Crippen LogP contribution in [0.15, 0.2) is 11.3 Å². The fraction of sp³-hybridized carbons (Fsp3) is 0.875. The van der Waals surface area contributed by atoms with Crippen LogP contribution in [0.3, 0.4) is 0 Å². The van der Waals surface area contributed by atoms with E-state index < -0.39 is 9.76 Å². The molecule has 0 aromatic rings. The molecule has 2 rings (SSSR count). The summed E-state index contributed by atoms with van der Waals surface area (Å²) in [7, 11) is -0.484. The zero-order valence-electron chi connectivity index (χ0n) is 12.2. The van der Waals surface area contributed by atoms with E-state index in [4.69, 9.17) is 16.0 Å². The van der Waals surface area contributed by atoms with Crippen molar-refractivity contribution in [3.8, 4) is 0 Å². The molecule has 0 N–H and O–H groups in total. The Morgan fingerprint density at radius 2 is 1.47 bits per heavy atom. The first-order chi connectivity index (χ1) is 9.42. The summed E-state index contributed by atoms with van der Waals surface area (Å²) in [6.45, 7) is 0.743. The van der Waals surface area contributed by atoms with Crippen molar-refractivity contribution in [3.05, 3.63) is 11.3 Å². The van der Waals surface area contributed by atoms with Crippen LogP contribution in [0.1, 0.15) is 64.2 Å². The van der Waals surface area contributed by atoms with E-state index in [1.165, 1.54) is 64.2 Å². The van der Waals surface area contributed by atoms with Gasteiger partial charge in [-0.05, 0) is 37.5 Å². The van der Waals surface area contributed by atoms with Gasteiger partial charge in [0, 0.05) is 12.5 Å². The third kappa shape index (κ3) is 5.24. The maximum atomic E-state index is 5.73. The van der Waals surface area contributed by atoms with Crippen LogP contribution in [0.4, 0.5) is 0 Å². The molecule has 2 saturated carbocycles. The van der Waals surface area contributed by atoms with Gasteiger partial charge in [0.15, 0.2) is 9.76 Å². The van der Waals surface area contributed by atoms with Gasteiger partial charge in [0.25, 0.3) is 0 Å². The molecule has 0 aromatic carbocycles. The number of hydrogen-bond acceptors (Lipinski definition) is 1. The van der Waals surface area contributed by atoms with Crippen LogP contribution in [0, 0.1) is 11.8 Å². The van der Waals surface area contributed by atoms with Gasteiger partial charge < -0.3 is 4.43 Å². The van der Waals surface area contributed by atoms with Gasteiger partial charge in [0.05, 0.1) is 0 Å². The summed E-state index contributed by atoms with van der Waals surface area (Å²) in [5.41, 5.74) is 4.36. The molecule has 3 heteroatoms. The normalized spacial score (nSPS) is 23.0. The Bertz CT molecular complexity index is 248. The van der Waals surface area contributed by atoms with Crippen molar-refractivity contribution < 1.29 is 4.43 Å². The highest BCUT2D eigenvalue weighted by molar-refractivity contribution is 6.34. The molecule has 0 unspecified atom stereocenters. The molecule has 110 valence electrons. The van der Waals surface area contributed by atoms with Crippen molar-refractivity contribution in [2.45, 2.75) is 64.2 Å². The second-order valence-electron chi connectivity index (χ2n) is 6.14. The summed E-state index contributed by atoms with van der Waals surface area (Å²) in [6, 6.07) is 0. The number of halogens is 1. The average molecular weight is 301 g/mol. The monoisotopic (exact) mass is 300 g/mol.